The van der Waals surface area contributed by atoms with Gasteiger partial charge in [-0.3, -0.25) is 0 Å². The van der Waals surface area contributed by atoms with E-state index < -0.39 is 0 Å². The van der Waals surface area contributed by atoms with Crippen LogP contribution in [0.1, 0.15) is 32.6 Å². The Balaban J connectivity index is 2.16. The number of nitrogens with zero attached hydrogens (tertiary/aromatic N) is 3. The van der Waals surface area contributed by atoms with Gasteiger partial charge in [-0.15, -0.1) is 0 Å². The molecule has 0 spiro atoms. The molecule has 15 heavy (non-hydrogen) atoms. The van der Waals surface area contributed by atoms with Crippen molar-refractivity contribution in [2.24, 2.45) is 0 Å². The number of aromatic nitrogens is 3. The molecule has 0 unspecified atom stereocenters. The van der Waals surface area contributed by atoms with Crippen LogP contribution in [-0.2, 0) is 0 Å². The summed E-state index contributed by atoms with van der Waals surface area (Å²) in [5.41, 5.74) is 5.56. The molecule has 0 aliphatic heterocycles. The van der Waals surface area contributed by atoms with Gasteiger partial charge in [0.2, 0.25) is 17.2 Å². The zero-order valence-electron chi connectivity index (χ0n) is 8.63. The first kappa shape index (κ1) is 10.4. The second kappa shape index (κ2) is 3.81. The molecular weight excluding hydrogens is 214 g/mol. The van der Waals surface area contributed by atoms with Gasteiger partial charge in [-0.2, -0.15) is 15.0 Å². The molecule has 0 amide bonds. The highest BCUT2D eigenvalue weighted by molar-refractivity contribution is 6.28. The Labute approximate surface area is 93.5 Å². The molecule has 5 nitrogen and oxygen atoms in total. The quantitative estimate of drug-likeness (QED) is 0.807. The lowest BCUT2D eigenvalue weighted by Crippen LogP contribution is -2.32. The normalized spacial score (nSPS) is 19.1. The van der Waals surface area contributed by atoms with Crippen LogP contribution in [0.15, 0.2) is 0 Å². The van der Waals surface area contributed by atoms with Gasteiger partial charge in [0, 0.05) is 5.54 Å². The predicted octanol–water partition coefficient (Wildman–Crippen LogP) is 1.85. The third-order valence-corrected chi connectivity index (χ3v) is 2.92. The Kier molecular flexibility index (Phi) is 2.65. The molecule has 2 rings (SSSR count). The smallest absolute Gasteiger partial charge is 0.229 e. The minimum absolute atomic E-state index is 0.0666. The van der Waals surface area contributed by atoms with Gasteiger partial charge in [0.05, 0.1) is 0 Å². The monoisotopic (exact) mass is 227 g/mol. The zero-order valence-corrected chi connectivity index (χ0v) is 9.38. The van der Waals surface area contributed by atoms with Gasteiger partial charge in [0.15, 0.2) is 0 Å². The van der Waals surface area contributed by atoms with Crippen molar-refractivity contribution < 1.29 is 0 Å². The maximum absolute atomic E-state index is 5.70. The zero-order chi connectivity index (χ0) is 10.9. The molecule has 1 aromatic rings. The summed E-state index contributed by atoms with van der Waals surface area (Å²) in [7, 11) is 0. The van der Waals surface area contributed by atoms with E-state index in [0.717, 1.165) is 12.8 Å². The first-order valence-corrected chi connectivity index (χ1v) is 5.40. The fraction of sp³-hybridized carbons (Fsp3) is 0.667. The summed E-state index contributed by atoms with van der Waals surface area (Å²) in [6.07, 6.45) is 4.71. The number of hydrogen-bond donors (Lipinski definition) is 2. The number of rotatable bonds is 2. The van der Waals surface area contributed by atoms with Gasteiger partial charge < -0.3 is 11.1 Å². The van der Waals surface area contributed by atoms with E-state index in [1.54, 1.807) is 0 Å². The highest BCUT2D eigenvalue weighted by atomic mass is 35.5. The molecular formula is C9H14ClN5. The second-order valence-electron chi connectivity index (χ2n) is 4.18. The Bertz CT molecular complexity index is 341. The summed E-state index contributed by atoms with van der Waals surface area (Å²) in [5, 5.41) is 3.40. The molecule has 1 heterocycles. The van der Waals surface area contributed by atoms with Crippen molar-refractivity contribution in [2.75, 3.05) is 11.1 Å². The number of anilines is 2. The van der Waals surface area contributed by atoms with Crippen LogP contribution in [0.4, 0.5) is 11.9 Å². The molecule has 1 aromatic heterocycles. The number of nitrogens with one attached hydrogen (secondary N) is 1. The van der Waals surface area contributed by atoms with Crippen LogP contribution in [0.3, 0.4) is 0 Å². The van der Waals surface area contributed by atoms with Crippen molar-refractivity contribution >= 4 is 23.5 Å². The summed E-state index contributed by atoms with van der Waals surface area (Å²) in [6, 6.07) is 0. The van der Waals surface area contributed by atoms with Crippen molar-refractivity contribution in [3.8, 4) is 0 Å². The van der Waals surface area contributed by atoms with Crippen LogP contribution in [0.5, 0.6) is 0 Å². The Morgan fingerprint density at radius 3 is 2.53 bits per heavy atom. The van der Waals surface area contributed by atoms with E-state index in [4.69, 9.17) is 17.3 Å². The number of hydrogen-bond acceptors (Lipinski definition) is 5. The third kappa shape index (κ3) is 2.47. The summed E-state index contributed by atoms with van der Waals surface area (Å²) < 4.78 is 0. The standard InChI is InChI=1S/C9H14ClN5/c1-9(4-2-3-5-9)15-8-13-6(10)12-7(11)14-8/h2-5H2,1H3,(H3,11,12,13,14,15). The van der Waals surface area contributed by atoms with E-state index in [1.165, 1.54) is 12.8 Å². The molecule has 0 bridgehead atoms. The van der Waals surface area contributed by atoms with Crippen LogP contribution < -0.4 is 11.1 Å². The van der Waals surface area contributed by atoms with Crippen molar-refractivity contribution in [2.45, 2.75) is 38.1 Å². The van der Waals surface area contributed by atoms with Gasteiger partial charge in [-0.05, 0) is 31.4 Å². The van der Waals surface area contributed by atoms with Crippen molar-refractivity contribution in [1.29, 1.82) is 0 Å². The second-order valence-corrected chi connectivity index (χ2v) is 4.52. The molecule has 6 heteroatoms. The molecule has 3 N–H and O–H groups in total. The molecule has 0 atom stereocenters. The Morgan fingerprint density at radius 1 is 1.27 bits per heavy atom. The van der Waals surface area contributed by atoms with Gasteiger partial charge in [0.1, 0.15) is 0 Å². The Morgan fingerprint density at radius 2 is 1.93 bits per heavy atom. The third-order valence-electron chi connectivity index (χ3n) is 2.75. The maximum atomic E-state index is 5.70. The van der Waals surface area contributed by atoms with Gasteiger partial charge >= 0.3 is 0 Å². The number of nitrogen functional groups attached to an aromatic ring is 1. The molecule has 0 aromatic carbocycles. The van der Waals surface area contributed by atoms with Crippen molar-refractivity contribution in [1.82, 2.24) is 15.0 Å². The highest BCUT2D eigenvalue weighted by Crippen LogP contribution is 2.31. The Hall–Kier alpha value is -1.10. The van der Waals surface area contributed by atoms with Gasteiger partial charge in [-0.1, -0.05) is 12.8 Å². The van der Waals surface area contributed by atoms with Crippen LogP contribution in [0, 0.1) is 0 Å². The van der Waals surface area contributed by atoms with E-state index in [2.05, 4.69) is 27.2 Å². The van der Waals surface area contributed by atoms with E-state index in [9.17, 15) is 0 Å². The summed E-state index contributed by atoms with van der Waals surface area (Å²) in [5.74, 6) is 0.621. The molecule has 0 radical (unpaired) electrons. The average Bonchev–Trinajstić information content (AvgIpc) is 2.49. The van der Waals surface area contributed by atoms with Crippen LogP contribution >= 0.6 is 11.6 Å². The van der Waals surface area contributed by atoms with Crippen LogP contribution in [0.2, 0.25) is 5.28 Å². The van der Waals surface area contributed by atoms with Gasteiger partial charge in [0.25, 0.3) is 0 Å². The minimum atomic E-state index is 0.0666. The topological polar surface area (TPSA) is 76.7 Å². The fourth-order valence-electron chi connectivity index (χ4n) is 1.97. The summed E-state index contributed by atoms with van der Waals surface area (Å²) in [4.78, 5) is 11.7. The molecule has 1 fully saturated rings. The molecule has 1 aliphatic carbocycles. The van der Waals surface area contributed by atoms with Crippen molar-refractivity contribution in [3.05, 3.63) is 5.28 Å². The summed E-state index contributed by atoms with van der Waals surface area (Å²) >= 11 is 5.70. The van der Waals surface area contributed by atoms with Crippen LogP contribution in [-0.4, -0.2) is 20.5 Å². The van der Waals surface area contributed by atoms with E-state index >= 15 is 0 Å². The molecule has 1 saturated carbocycles. The van der Waals surface area contributed by atoms with E-state index in [1.807, 2.05) is 0 Å². The SMILES string of the molecule is CC1(Nc2nc(N)nc(Cl)n2)CCCC1. The molecule has 1 aliphatic rings. The fourth-order valence-corrected chi connectivity index (χ4v) is 2.14. The molecule has 82 valence electrons. The predicted molar refractivity (Wildman–Crippen MR) is 59.7 cm³/mol. The largest absolute Gasteiger partial charge is 0.368 e. The van der Waals surface area contributed by atoms with Crippen LogP contribution in [0.25, 0.3) is 0 Å². The maximum Gasteiger partial charge on any atom is 0.229 e. The van der Waals surface area contributed by atoms with Gasteiger partial charge in [-0.25, -0.2) is 0 Å². The lowest BCUT2D eigenvalue weighted by molar-refractivity contribution is 0.528. The highest BCUT2D eigenvalue weighted by Gasteiger charge is 2.29. The van der Waals surface area contributed by atoms with E-state index in [-0.39, 0.29) is 16.8 Å². The lowest BCUT2D eigenvalue weighted by Gasteiger charge is -2.25. The minimum Gasteiger partial charge on any atom is -0.368 e. The first-order chi connectivity index (χ1) is 7.07. The summed E-state index contributed by atoms with van der Waals surface area (Å²) in [6.45, 7) is 2.16. The molecule has 0 saturated heterocycles. The van der Waals surface area contributed by atoms with E-state index in [0.29, 0.717) is 5.95 Å². The lowest BCUT2D eigenvalue weighted by atomic mass is 10.0. The average molecular weight is 228 g/mol. The first-order valence-electron chi connectivity index (χ1n) is 5.03. The number of nitrogens with two attached hydrogens (primary N) is 1. The van der Waals surface area contributed by atoms with Crippen molar-refractivity contribution in [3.63, 3.8) is 0 Å². The number of halogens is 1.